The number of primary amides is 1. The highest BCUT2D eigenvalue weighted by atomic mass is 16.1. The van der Waals surface area contributed by atoms with E-state index in [0.717, 1.165) is 36.9 Å². The van der Waals surface area contributed by atoms with Gasteiger partial charge in [-0.2, -0.15) is 4.98 Å². The molecule has 1 aromatic carbocycles. The lowest BCUT2D eigenvalue weighted by molar-refractivity contribution is 0.0944. The van der Waals surface area contributed by atoms with Crippen molar-refractivity contribution in [3.8, 4) is 0 Å². The molecule has 3 unspecified atom stereocenters. The molecule has 2 saturated heterocycles. The number of hydrogen-bond acceptors (Lipinski definition) is 7. The van der Waals surface area contributed by atoms with Crippen molar-refractivity contribution >= 4 is 29.1 Å². The number of aryl methyl sites for hydroxylation is 1. The third-order valence-electron chi connectivity index (χ3n) is 7.92. The van der Waals surface area contributed by atoms with E-state index in [1.807, 2.05) is 42.2 Å². The molecule has 2 bridgehead atoms. The van der Waals surface area contributed by atoms with Gasteiger partial charge in [0.1, 0.15) is 0 Å². The van der Waals surface area contributed by atoms with Crippen LogP contribution in [-0.2, 0) is 7.05 Å². The van der Waals surface area contributed by atoms with Crippen LogP contribution in [0.4, 0.5) is 17.5 Å². The molecule has 3 fully saturated rings. The van der Waals surface area contributed by atoms with E-state index in [1.165, 1.54) is 18.4 Å². The predicted molar refractivity (Wildman–Crippen MR) is 136 cm³/mol. The third kappa shape index (κ3) is 4.34. The summed E-state index contributed by atoms with van der Waals surface area (Å²) in [5.74, 6) is 1.21. The van der Waals surface area contributed by atoms with Crippen LogP contribution in [0.25, 0.3) is 0 Å². The second-order valence-electron chi connectivity index (χ2n) is 10.4. The van der Waals surface area contributed by atoms with Gasteiger partial charge >= 0.3 is 0 Å². The van der Waals surface area contributed by atoms with E-state index >= 15 is 0 Å². The van der Waals surface area contributed by atoms with Crippen molar-refractivity contribution < 1.29 is 9.59 Å². The Morgan fingerprint density at radius 2 is 1.81 bits per heavy atom. The average Bonchev–Trinajstić information content (AvgIpc) is 3.57. The summed E-state index contributed by atoms with van der Waals surface area (Å²) in [7, 11) is 1.91. The summed E-state index contributed by atoms with van der Waals surface area (Å²) in [6.07, 6.45) is 10.8. The lowest BCUT2D eigenvalue weighted by Crippen LogP contribution is -2.46. The van der Waals surface area contributed by atoms with Gasteiger partial charge in [-0.05, 0) is 62.0 Å². The number of fused-ring (bicyclic) bond motifs is 2. The molecule has 3 aliphatic rings. The van der Waals surface area contributed by atoms with E-state index in [9.17, 15) is 9.59 Å². The van der Waals surface area contributed by atoms with Crippen LogP contribution < -0.4 is 16.0 Å². The predicted octanol–water partition coefficient (Wildman–Crippen LogP) is 3.95. The Hall–Kier alpha value is -3.75. The first kappa shape index (κ1) is 22.7. The highest BCUT2D eigenvalue weighted by Crippen LogP contribution is 2.43. The Kier molecular flexibility index (Phi) is 5.70. The molecule has 1 aliphatic carbocycles. The molecule has 36 heavy (non-hydrogen) atoms. The van der Waals surface area contributed by atoms with E-state index < -0.39 is 5.91 Å². The van der Waals surface area contributed by atoms with Crippen molar-refractivity contribution in [1.29, 1.82) is 0 Å². The molecule has 0 spiro atoms. The molecule has 9 heteroatoms. The van der Waals surface area contributed by atoms with Crippen LogP contribution >= 0.6 is 0 Å². The molecule has 3 atom stereocenters. The van der Waals surface area contributed by atoms with Gasteiger partial charge in [-0.1, -0.05) is 24.3 Å². The Morgan fingerprint density at radius 3 is 2.50 bits per heavy atom. The fourth-order valence-electron chi connectivity index (χ4n) is 5.91. The Balaban J connectivity index is 1.22. The van der Waals surface area contributed by atoms with Gasteiger partial charge in [0.25, 0.3) is 5.91 Å². The van der Waals surface area contributed by atoms with Gasteiger partial charge in [-0.15, -0.1) is 10.2 Å². The summed E-state index contributed by atoms with van der Waals surface area (Å²) >= 11 is 0. The van der Waals surface area contributed by atoms with Gasteiger partial charge in [0, 0.05) is 43.5 Å². The van der Waals surface area contributed by atoms with Gasteiger partial charge in [0.15, 0.2) is 17.3 Å². The zero-order chi connectivity index (χ0) is 24.8. The summed E-state index contributed by atoms with van der Waals surface area (Å²) in [5.41, 5.74) is 8.48. The molecule has 0 radical (unpaired) electrons. The number of piperidine rings is 1. The lowest BCUT2D eigenvalue weighted by Gasteiger charge is -2.39. The fraction of sp³-hybridized carbons (Fsp3) is 0.444. The maximum Gasteiger partial charge on any atom is 0.273 e. The van der Waals surface area contributed by atoms with Gasteiger partial charge in [0.05, 0.1) is 5.69 Å². The van der Waals surface area contributed by atoms with Crippen molar-refractivity contribution in [2.24, 2.45) is 18.7 Å². The Labute approximate surface area is 210 Å². The smallest absolute Gasteiger partial charge is 0.273 e. The van der Waals surface area contributed by atoms with Crippen LogP contribution in [0.1, 0.15) is 77.3 Å². The topological polar surface area (TPSA) is 119 Å². The number of anilines is 3. The largest absolute Gasteiger partial charge is 0.364 e. The van der Waals surface area contributed by atoms with Gasteiger partial charge < -0.3 is 20.5 Å². The highest BCUT2D eigenvalue weighted by molar-refractivity contribution is 5.97. The van der Waals surface area contributed by atoms with Crippen molar-refractivity contribution in [1.82, 2.24) is 19.7 Å². The minimum absolute atomic E-state index is 0.00771. The van der Waals surface area contributed by atoms with Crippen LogP contribution in [0.3, 0.4) is 0 Å². The summed E-state index contributed by atoms with van der Waals surface area (Å²) in [4.78, 5) is 32.1. The Morgan fingerprint density at radius 1 is 1.03 bits per heavy atom. The monoisotopic (exact) mass is 485 g/mol. The molecule has 3 N–H and O–H groups in total. The Bertz CT molecular complexity index is 1300. The number of Topliss-reactive ketones (excluding diaryl/α,β-unsaturated/α-hetero) is 1. The lowest BCUT2D eigenvalue weighted by atomic mass is 9.85. The standard InChI is InChI=1S/C27H31N7O2/c1-33-13-12-20(15-33)29-26-24(25(28)36)31-32-27(30-26)34-21-9-8-19(22(34)11-10-21)14-23(35)18-6-4-17(5-7-18)16-2-3-16/h4-7,12-13,15-16,19,21-22H,2-3,8-11,14H2,1H3,(H2,28,36)(H,29,30,32). The van der Waals surface area contributed by atoms with Crippen molar-refractivity contribution in [3.05, 3.63) is 59.5 Å². The number of carbonyl (C=O) groups excluding carboxylic acids is 2. The summed E-state index contributed by atoms with van der Waals surface area (Å²) in [6, 6.07) is 10.6. The van der Waals surface area contributed by atoms with E-state index in [2.05, 4.69) is 32.5 Å². The molecule has 6 rings (SSSR count). The first-order valence-corrected chi connectivity index (χ1v) is 12.8. The van der Waals surface area contributed by atoms with E-state index in [-0.39, 0.29) is 23.4 Å². The number of nitrogens with one attached hydrogen (secondary N) is 1. The SMILES string of the molecule is Cn1ccc(Nc2nc(N3C4CCC(CC(=O)c5ccc(C6CC6)cc5)C3CC4)nnc2C(N)=O)c1. The molecule has 2 aliphatic heterocycles. The zero-order valence-corrected chi connectivity index (χ0v) is 20.4. The van der Waals surface area contributed by atoms with E-state index in [0.29, 0.717) is 30.1 Å². The van der Waals surface area contributed by atoms with Crippen LogP contribution in [0, 0.1) is 5.92 Å². The number of carbonyl (C=O) groups is 2. The van der Waals surface area contributed by atoms with Crippen molar-refractivity contribution in [2.45, 2.75) is 62.9 Å². The number of aromatic nitrogens is 4. The summed E-state index contributed by atoms with van der Waals surface area (Å²) in [6.45, 7) is 0. The van der Waals surface area contributed by atoms with E-state index in [4.69, 9.17) is 10.7 Å². The highest BCUT2D eigenvalue weighted by Gasteiger charge is 2.44. The molecule has 3 aromatic rings. The van der Waals surface area contributed by atoms with Crippen molar-refractivity contribution in [2.75, 3.05) is 10.2 Å². The molecule has 9 nitrogen and oxygen atoms in total. The van der Waals surface area contributed by atoms with Gasteiger partial charge in [-0.25, -0.2) is 0 Å². The second-order valence-corrected chi connectivity index (χ2v) is 10.4. The zero-order valence-electron chi connectivity index (χ0n) is 20.4. The molecule has 1 saturated carbocycles. The van der Waals surface area contributed by atoms with E-state index in [1.54, 1.807) is 0 Å². The second kappa shape index (κ2) is 9.04. The molecule has 1 amide bonds. The van der Waals surface area contributed by atoms with Crippen LogP contribution in [0.2, 0.25) is 0 Å². The number of benzene rings is 1. The van der Waals surface area contributed by atoms with Gasteiger partial charge in [-0.3, -0.25) is 9.59 Å². The third-order valence-corrected chi connectivity index (χ3v) is 7.92. The van der Waals surface area contributed by atoms with Gasteiger partial charge in [0.2, 0.25) is 5.95 Å². The number of rotatable bonds is 8. The quantitative estimate of drug-likeness (QED) is 0.464. The van der Waals surface area contributed by atoms with Crippen LogP contribution in [0.15, 0.2) is 42.7 Å². The molecular formula is C27H31N7O2. The summed E-state index contributed by atoms with van der Waals surface area (Å²) in [5, 5.41) is 11.6. The first-order chi connectivity index (χ1) is 17.5. The van der Waals surface area contributed by atoms with Crippen LogP contribution in [-0.4, -0.2) is 43.5 Å². The molecular weight excluding hydrogens is 454 g/mol. The number of ketones is 1. The van der Waals surface area contributed by atoms with Crippen molar-refractivity contribution in [3.63, 3.8) is 0 Å². The molecule has 2 aromatic heterocycles. The normalized spacial score (nSPS) is 23.0. The maximum atomic E-state index is 13.2. The molecule has 186 valence electrons. The minimum atomic E-state index is -0.683. The average molecular weight is 486 g/mol. The van der Waals surface area contributed by atoms with Crippen LogP contribution in [0.5, 0.6) is 0 Å². The number of amides is 1. The first-order valence-electron chi connectivity index (χ1n) is 12.8. The molecule has 4 heterocycles. The summed E-state index contributed by atoms with van der Waals surface area (Å²) < 4.78 is 1.90. The number of nitrogens with two attached hydrogens (primary N) is 1. The maximum absolute atomic E-state index is 13.2. The number of hydrogen-bond donors (Lipinski definition) is 2. The minimum Gasteiger partial charge on any atom is -0.364 e. The fourth-order valence-corrected chi connectivity index (χ4v) is 5.91. The number of nitrogens with zero attached hydrogens (tertiary/aromatic N) is 5.